The van der Waals surface area contributed by atoms with Crippen molar-refractivity contribution in [1.29, 1.82) is 0 Å². The predicted octanol–water partition coefficient (Wildman–Crippen LogP) is 2.73. The largest absolute Gasteiger partial charge is 0.393 e. The fraction of sp³-hybridized carbons (Fsp3) is 1.00. The van der Waals surface area contributed by atoms with Crippen LogP contribution in [-0.4, -0.2) is 11.2 Å². The van der Waals surface area contributed by atoms with Crippen LogP contribution in [0.2, 0.25) is 0 Å². The Morgan fingerprint density at radius 1 is 1.09 bits per heavy atom. The standard InChI is InChI=1S/C10H20O/c1-10(2)8-6-4-3-5-7-9(10)11/h9,11H,3-8H2,1-2H3. The summed E-state index contributed by atoms with van der Waals surface area (Å²) in [6.45, 7) is 4.37. The molecule has 11 heavy (non-hydrogen) atoms. The molecule has 66 valence electrons. The van der Waals surface area contributed by atoms with E-state index in [1.54, 1.807) is 0 Å². The lowest BCUT2D eigenvalue weighted by atomic mass is 9.77. The van der Waals surface area contributed by atoms with Crippen LogP contribution in [0.25, 0.3) is 0 Å². The highest BCUT2D eigenvalue weighted by atomic mass is 16.3. The maximum Gasteiger partial charge on any atom is 0.0591 e. The summed E-state index contributed by atoms with van der Waals surface area (Å²) >= 11 is 0. The average Bonchev–Trinajstić information content (AvgIpc) is 1.93. The first kappa shape index (κ1) is 9.05. The van der Waals surface area contributed by atoms with Crippen molar-refractivity contribution in [2.24, 2.45) is 5.41 Å². The fourth-order valence-electron chi connectivity index (χ4n) is 1.83. The minimum Gasteiger partial charge on any atom is -0.393 e. The molecule has 1 N–H and O–H groups in total. The quantitative estimate of drug-likeness (QED) is 0.571. The fourth-order valence-corrected chi connectivity index (χ4v) is 1.83. The highest BCUT2D eigenvalue weighted by molar-refractivity contribution is 4.79. The van der Waals surface area contributed by atoms with E-state index in [1.165, 1.54) is 32.1 Å². The zero-order chi connectivity index (χ0) is 8.32. The highest BCUT2D eigenvalue weighted by Crippen LogP contribution is 2.32. The van der Waals surface area contributed by atoms with Gasteiger partial charge in [-0.2, -0.15) is 0 Å². The molecular formula is C10H20O. The van der Waals surface area contributed by atoms with Crippen LogP contribution in [0.4, 0.5) is 0 Å². The van der Waals surface area contributed by atoms with Gasteiger partial charge in [-0.05, 0) is 18.3 Å². The van der Waals surface area contributed by atoms with Gasteiger partial charge in [-0.3, -0.25) is 0 Å². The molecule has 1 saturated carbocycles. The van der Waals surface area contributed by atoms with Crippen molar-refractivity contribution < 1.29 is 5.11 Å². The van der Waals surface area contributed by atoms with Crippen LogP contribution in [0.15, 0.2) is 0 Å². The van der Waals surface area contributed by atoms with Crippen LogP contribution in [0, 0.1) is 5.41 Å². The zero-order valence-corrected chi connectivity index (χ0v) is 7.77. The van der Waals surface area contributed by atoms with Crippen LogP contribution < -0.4 is 0 Å². The third-order valence-electron chi connectivity index (χ3n) is 2.95. The second-order valence-electron chi connectivity index (χ2n) is 4.46. The Kier molecular flexibility index (Phi) is 2.94. The molecule has 0 aromatic heterocycles. The molecule has 0 aromatic rings. The minimum atomic E-state index is -0.0669. The van der Waals surface area contributed by atoms with E-state index >= 15 is 0 Å². The average molecular weight is 156 g/mol. The van der Waals surface area contributed by atoms with E-state index in [2.05, 4.69) is 13.8 Å². The van der Waals surface area contributed by atoms with Crippen molar-refractivity contribution in [2.75, 3.05) is 0 Å². The smallest absolute Gasteiger partial charge is 0.0591 e. The Hall–Kier alpha value is -0.0400. The summed E-state index contributed by atoms with van der Waals surface area (Å²) in [6.07, 6.45) is 7.31. The number of aliphatic hydroxyl groups excluding tert-OH is 1. The van der Waals surface area contributed by atoms with Gasteiger partial charge in [0.15, 0.2) is 0 Å². The molecule has 0 bridgehead atoms. The van der Waals surface area contributed by atoms with Gasteiger partial charge in [0.1, 0.15) is 0 Å². The van der Waals surface area contributed by atoms with Crippen LogP contribution in [0.1, 0.15) is 52.4 Å². The second kappa shape index (κ2) is 3.57. The van der Waals surface area contributed by atoms with Gasteiger partial charge in [-0.25, -0.2) is 0 Å². The summed E-state index contributed by atoms with van der Waals surface area (Å²) in [6, 6.07) is 0. The van der Waals surface area contributed by atoms with Crippen LogP contribution in [0.3, 0.4) is 0 Å². The lowest BCUT2D eigenvalue weighted by molar-refractivity contribution is 0.0280. The Morgan fingerprint density at radius 3 is 2.45 bits per heavy atom. The van der Waals surface area contributed by atoms with Crippen molar-refractivity contribution in [2.45, 2.75) is 58.5 Å². The molecule has 1 rings (SSSR count). The summed E-state index contributed by atoms with van der Waals surface area (Å²) in [5.41, 5.74) is 0.167. The first-order chi connectivity index (χ1) is 5.13. The highest BCUT2D eigenvalue weighted by Gasteiger charge is 2.27. The molecule has 0 aromatic carbocycles. The molecule has 1 heteroatoms. The van der Waals surface area contributed by atoms with Gasteiger partial charge in [0.2, 0.25) is 0 Å². The van der Waals surface area contributed by atoms with Gasteiger partial charge in [0.05, 0.1) is 6.10 Å². The minimum absolute atomic E-state index is 0.0669. The van der Waals surface area contributed by atoms with Gasteiger partial charge in [-0.15, -0.1) is 0 Å². The first-order valence-corrected chi connectivity index (χ1v) is 4.81. The topological polar surface area (TPSA) is 20.2 Å². The molecule has 1 aliphatic carbocycles. The van der Waals surface area contributed by atoms with E-state index in [4.69, 9.17) is 0 Å². The lowest BCUT2D eigenvalue weighted by Crippen LogP contribution is -2.30. The molecule has 1 aliphatic rings. The number of aliphatic hydroxyl groups is 1. The molecule has 0 saturated heterocycles. The van der Waals surface area contributed by atoms with E-state index in [1.807, 2.05) is 0 Å². The zero-order valence-electron chi connectivity index (χ0n) is 7.77. The van der Waals surface area contributed by atoms with E-state index in [0.29, 0.717) is 0 Å². The van der Waals surface area contributed by atoms with Gasteiger partial charge < -0.3 is 5.11 Å². The molecule has 1 fully saturated rings. The predicted molar refractivity (Wildman–Crippen MR) is 47.5 cm³/mol. The number of hydrogen-bond donors (Lipinski definition) is 1. The van der Waals surface area contributed by atoms with Gasteiger partial charge in [-0.1, -0.05) is 39.5 Å². The molecule has 0 aliphatic heterocycles. The second-order valence-corrected chi connectivity index (χ2v) is 4.46. The van der Waals surface area contributed by atoms with E-state index in [-0.39, 0.29) is 11.5 Å². The van der Waals surface area contributed by atoms with Crippen molar-refractivity contribution in [3.63, 3.8) is 0 Å². The van der Waals surface area contributed by atoms with E-state index in [9.17, 15) is 5.11 Å². The van der Waals surface area contributed by atoms with Crippen LogP contribution in [0.5, 0.6) is 0 Å². The summed E-state index contributed by atoms with van der Waals surface area (Å²) in [4.78, 5) is 0. The third kappa shape index (κ3) is 2.48. The summed E-state index contributed by atoms with van der Waals surface area (Å²) < 4.78 is 0. The molecule has 1 atom stereocenters. The summed E-state index contributed by atoms with van der Waals surface area (Å²) in [7, 11) is 0. The Bertz CT molecular complexity index is 118. The lowest BCUT2D eigenvalue weighted by Gasteiger charge is -2.32. The van der Waals surface area contributed by atoms with Crippen molar-refractivity contribution in [1.82, 2.24) is 0 Å². The molecule has 1 unspecified atom stereocenters. The number of rotatable bonds is 0. The van der Waals surface area contributed by atoms with Crippen LogP contribution in [-0.2, 0) is 0 Å². The molecule has 0 heterocycles. The normalized spacial score (nSPS) is 32.5. The number of hydrogen-bond acceptors (Lipinski definition) is 1. The molecule has 0 amide bonds. The van der Waals surface area contributed by atoms with E-state index < -0.39 is 0 Å². The maximum absolute atomic E-state index is 9.74. The van der Waals surface area contributed by atoms with Gasteiger partial charge in [0.25, 0.3) is 0 Å². The summed E-state index contributed by atoms with van der Waals surface area (Å²) in [5, 5.41) is 9.74. The Labute approximate surface area is 69.8 Å². The SMILES string of the molecule is CC1(C)CCCCCCC1O. The Morgan fingerprint density at radius 2 is 1.73 bits per heavy atom. The molecule has 0 radical (unpaired) electrons. The van der Waals surface area contributed by atoms with Gasteiger partial charge >= 0.3 is 0 Å². The van der Waals surface area contributed by atoms with Crippen LogP contribution >= 0.6 is 0 Å². The van der Waals surface area contributed by atoms with Gasteiger partial charge in [0, 0.05) is 0 Å². The Balaban J connectivity index is 2.47. The van der Waals surface area contributed by atoms with Crippen molar-refractivity contribution >= 4 is 0 Å². The summed E-state index contributed by atoms with van der Waals surface area (Å²) in [5.74, 6) is 0. The molecule has 1 nitrogen and oxygen atoms in total. The molecule has 0 spiro atoms. The first-order valence-electron chi connectivity index (χ1n) is 4.81. The monoisotopic (exact) mass is 156 g/mol. The van der Waals surface area contributed by atoms with E-state index in [0.717, 1.165) is 6.42 Å². The third-order valence-corrected chi connectivity index (χ3v) is 2.95. The van der Waals surface area contributed by atoms with Crippen molar-refractivity contribution in [3.8, 4) is 0 Å². The maximum atomic E-state index is 9.74. The molecular weight excluding hydrogens is 136 g/mol. The van der Waals surface area contributed by atoms with Crippen molar-refractivity contribution in [3.05, 3.63) is 0 Å².